The fourth-order valence-corrected chi connectivity index (χ4v) is 3.52. The molecule has 1 aromatic carbocycles. The quantitative estimate of drug-likeness (QED) is 0.738. The SMILES string of the molecule is CC(C)(C)OC(=O)NC(Cc1cc(Cl)c(N2CCCCC2)cc1Cl)C(=O)O. The molecular weight excluding hydrogens is 391 g/mol. The van der Waals surface area contributed by atoms with Crippen molar-refractivity contribution < 1.29 is 19.4 Å². The summed E-state index contributed by atoms with van der Waals surface area (Å²) in [6, 6.07) is 2.28. The van der Waals surface area contributed by atoms with Gasteiger partial charge in [0, 0.05) is 24.5 Å². The Bertz CT molecular complexity index is 698. The van der Waals surface area contributed by atoms with Crippen LogP contribution in [0.1, 0.15) is 45.6 Å². The van der Waals surface area contributed by atoms with Gasteiger partial charge in [0.05, 0.1) is 10.7 Å². The van der Waals surface area contributed by atoms with Crippen LogP contribution < -0.4 is 10.2 Å². The Morgan fingerprint density at radius 3 is 2.37 bits per heavy atom. The van der Waals surface area contributed by atoms with E-state index in [1.54, 1.807) is 32.9 Å². The molecule has 150 valence electrons. The molecule has 2 N–H and O–H groups in total. The van der Waals surface area contributed by atoms with Gasteiger partial charge >= 0.3 is 12.1 Å². The first-order valence-electron chi connectivity index (χ1n) is 9.02. The molecule has 1 heterocycles. The zero-order valence-electron chi connectivity index (χ0n) is 15.8. The van der Waals surface area contributed by atoms with E-state index in [0.717, 1.165) is 31.6 Å². The van der Waals surface area contributed by atoms with Gasteiger partial charge < -0.3 is 20.1 Å². The maximum absolute atomic E-state index is 11.9. The Balaban J connectivity index is 2.14. The number of amides is 1. The summed E-state index contributed by atoms with van der Waals surface area (Å²) in [5.74, 6) is -1.17. The topological polar surface area (TPSA) is 78.9 Å². The van der Waals surface area contributed by atoms with Crippen LogP contribution in [0, 0.1) is 0 Å². The Kier molecular flexibility index (Phi) is 7.23. The zero-order valence-corrected chi connectivity index (χ0v) is 17.4. The summed E-state index contributed by atoms with van der Waals surface area (Å²) < 4.78 is 5.13. The van der Waals surface area contributed by atoms with Gasteiger partial charge in [0.25, 0.3) is 0 Å². The Morgan fingerprint density at radius 1 is 1.19 bits per heavy atom. The van der Waals surface area contributed by atoms with E-state index >= 15 is 0 Å². The second-order valence-corrected chi connectivity index (χ2v) is 8.50. The van der Waals surface area contributed by atoms with Gasteiger partial charge in [-0.3, -0.25) is 0 Å². The lowest BCUT2D eigenvalue weighted by atomic mass is 10.0. The number of hydrogen-bond donors (Lipinski definition) is 2. The van der Waals surface area contributed by atoms with Gasteiger partial charge in [-0.2, -0.15) is 0 Å². The number of hydrogen-bond acceptors (Lipinski definition) is 4. The summed E-state index contributed by atoms with van der Waals surface area (Å²) in [5.41, 5.74) is 0.701. The van der Waals surface area contributed by atoms with E-state index in [0.29, 0.717) is 15.6 Å². The fraction of sp³-hybridized carbons (Fsp3) is 0.579. The molecule has 27 heavy (non-hydrogen) atoms. The minimum absolute atomic E-state index is 0.00735. The third-order valence-corrected chi connectivity index (χ3v) is 4.88. The van der Waals surface area contributed by atoms with Gasteiger partial charge in [-0.25, -0.2) is 9.59 Å². The number of carbonyl (C=O) groups is 2. The molecule has 2 rings (SSSR count). The van der Waals surface area contributed by atoms with E-state index in [2.05, 4.69) is 10.2 Å². The predicted octanol–water partition coefficient (Wildman–Crippen LogP) is 4.50. The molecule has 0 radical (unpaired) electrons. The van der Waals surface area contributed by atoms with Crippen molar-refractivity contribution in [3.05, 3.63) is 27.7 Å². The average molecular weight is 417 g/mol. The number of nitrogens with zero attached hydrogens (tertiary/aromatic N) is 1. The summed E-state index contributed by atoms with van der Waals surface area (Å²) in [4.78, 5) is 25.7. The Labute approximate surface area is 169 Å². The lowest BCUT2D eigenvalue weighted by Gasteiger charge is -2.30. The van der Waals surface area contributed by atoms with Crippen LogP contribution in [0.3, 0.4) is 0 Å². The number of benzene rings is 1. The van der Waals surface area contributed by atoms with Crippen LogP contribution in [-0.2, 0) is 16.0 Å². The number of rotatable bonds is 5. The van der Waals surface area contributed by atoms with Gasteiger partial charge in [-0.1, -0.05) is 23.2 Å². The molecule has 0 aliphatic carbocycles. The van der Waals surface area contributed by atoms with Crippen LogP contribution in [-0.4, -0.2) is 41.9 Å². The number of carboxylic acids is 1. The number of alkyl carbamates (subject to hydrolysis) is 1. The van der Waals surface area contributed by atoms with Crippen LogP contribution in [0.5, 0.6) is 0 Å². The number of piperidine rings is 1. The summed E-state index contributed by atoms with van der Waals surface area (Å²) in [7, 11) is 0. The average Bonchev–Trinajstić information content (AvgIpc) is 2.56. The summed E-state index contributed by atoms with van der Waals surface area (Å²) in [5, 5.41) is 12.8. The van der Waals surface area contributed by atoms with Crippen molar-refractivity contribution in [3.63, 3.8) is 0 Å². The van der Waals surface area contributed by atoms with E-state index in [9.17, 15) is 14.7 Å². The summed E-state index contributed by atoms with van der Waals surface area (Å²) in [6.45, 7) is 6.97. The number of halogens is 2. The van der Waals surface area contributed by atoms with E-state index < -0.39 is 23.7 Å². The van der Waals surface area contributed by atoms with Crippen LogP contribution in [0.2, 0.25) is 10.0 Å². The molecule has 1 unspecified atom stereocenters. The van der Waals surface area contributed by atoms with Crippen molar-refractivity contribution in [2.75, 3.05) is 18.0 Å². The molecular formula is C19H26Cl2N2O4. The molecule has 1 saturated heterocycles. The second-order valence-electron chi connectivity index (χ2n) is 7.68. The summed E-state index contributed by atoms with van der Waals surface area (Å²) in [6.07, 6.45) is 2.64. The molecule has 1 aliphatic heterocycles. The van der Waals surface area contributed by atoms with Crippen LogP contribution in [0.25, 0.3) is 0 Å². The highest BCUT2D eigenvalue weighted by Gasteiger charge is 2.26. The molecule has 0 saturated carbocycles. The smallest absolute Gasteiger partial charge is 0.408 e. The van der Waals surface area contributed by atoms with Crippen molar-refractivity contribution in [3.8, 4) is 0 Å². The van der Waals surface area contributed by atoms with Crippen LogP contribution in [0.4, 0.5) is 10.5 Å². The molecule has 0 aromatic heterocycles. The van der Waals surface area contributed by atoms with E-state index in [4.69, 9.17) is 27.9 Å². The number of carboxylic acid groups (broad SMARTS) is 1. The first kappa shape index (κ1) is 21.6. The molecule has 1 fully saturated rings. The predicted molar refractivity (Wildman–Crippen MR) is 107 cm³/mol. The van der Waals surface area contributed by atoms with Gasteiger partial charge in [0.2, 0.25) is 0 Å². The van der Waals surface area contributed by atoms with Crippen LogP contribution >= 0.6 is 23.2 Å². The number of carbonyl (C=O) groups excluding carboxylic acids is 1. The van der Waals surface area contributed by atoms with Crippen LogP contribution in [0.15, 0.2) is 12.1 Å². The Hall–Kier alpha value is -1.66. The van der Waals surface area contributed by atoms with Crippen molar-refractivity contribution in [2.45, 2.75) is 58.1 Å². The fourth-order valence-electron chi connectivity index (χ4n) is 2.98. The summed E-state index contributed by atoms with van der Waals surface area (Å²) >= 11 is 12.8. The third-order valence-electron chi connectivity index (χ3n) is 4.23. The standard InChI is InChI=1S/C19H26Cl2N2O4/c1-19(2,3)27-18(26)22-15(17(24)25)10-12-9-14(21)16(11-13(12)20)23-7-5-4-6-8-23/h9,11,15H,4-8,10H2,1-3H3,(H,22,26)(H,24,25). The molecule has 6 nitrogen and oxygen atoms in total. The van der Waals surface area contributed by atoms with Crippen molar-refractivity contribution >= 4 is 41.0 Å². The largest absolute Gasteiger partial charge is 0.480 e. The number of anilines is 1. The maximum atomic E-state index is 11.9. The normalized spacial score (nSPS) is 16.0. The Morgan fingerprint density at radius 2 is 1.81 bits per heavy atom. The van der Waals surface area contributed by atoms with E-state index in [-0.39, 0.29) is 6.42 Å². The number of nitrogens with one attached hydrogen (secondary N) is 1. The highest BCUT2D eigenvalue weighted by Crippen LogP contribution is 2.34. The molecule has 1 aromatic rings. The maximum Gasteiger partial charge on any atom is 0.408 e. The second kappa shape index (κ2) is 9.02. The van der Waals surface area contributed by atoms with Crippen molar-refractivity contribution in [1.29, 1.82) is 0 Å². The van der Waals surface area contributed by atoms with Crippen molar-refractivity contribution in [1.82, 2.24) is 5.32 Å². The monoisotopic (exact) mass is 416 g/mol. The minimum atomic E-state index is -1.17. The van der Waals surface area contributed by atoms with E-state index in [1.807, 2.05) is 0 Å². The first-order valence-corrected chi connectivity index (χ1v) is 9.77. The lowest BCUT2D eigenvalue weighted by molar-refractivity contribution is -0.139. The molecule has 0 spiro atoms. The van der Waals surface area contributed by atoms with Gasteiger partial charge in [-0.05, 0) is 57.7 Å². The van der Waals surface area contributed by atoms with Gasteiger partial charge in [0.15, 0.2) is 0 Å². The molecule has 1 amide bonds. The van der Waals surface area contributed by atoms with E-state index in [1.165, 1.54) is 6.42 Å². The molecule has 1 aliphatic rings. The third kappa shape index (κ3) is 6.47. The number of ether oxygens (including phenoxy) is 1. The zero-order chi connectivity index (χ0) is 20.2. The highest BCUT2D eigenvalue weighted by molar-refractivity contribution is 6.35. The first-order chi connectivity index (χ1) is 12.6. The minimum Gasteiger partial charge on any atom is -0.480 e. The van der Waals surface area contributed by atoms with Crippen molar-refractivity contribution in [2.24, 2.45) is 0 Å². The molecule has 8 heteroatoms. The highest BCUT2D eigenvalue weighted by atomic mass is 35.5. The number of aliphatic carboxylic acids is 1. The van der Waals surface area contributed by atoms with Gasteiger partial charge in [0.1, 0.15) is 11.6 Å². The lowest BCUT2D eigenvalue weighted by Crippen LogP contribution is -2.44. The molecule has 0 bridgehead atoms. The molecule has 1 atom stereocenters. The van der Waals surface area contributed by atoms with Gasteiger partial charge in [-0.15, -0.1) is 0 Å².